The average molecular weight is 377 g/mol. The van der Waals surface area contributed by atoms with Crippen LogP contribution in [0.1, 0.15) is 0 Å². The van der Waals surface area contributed by atoms with Crippen LogP contribution in [0.15, 0.2) is 22.7 Å². The van der Waals surface area contributed by atoms with Crippen molar-refractivity contribution in [1.29, 1.82) is 0 Å². The Hall–Kier alpha value is -0.310. The second kappa shape index (κ2) is 5.77. The minimum absolute atomic E-state index is 0.313. The fourth-order valence-electron chi connectivity index (χ4n) is 1.05. The van der Waals surface area contributed by atoms with Gasteiger partial charge in [-0.2, -0.15) is 0 Å². The zero-order chi connectivity index (χ0) is 14.0. The maximum Gasteiger partial charge on any atom is 0.233 e. The van der Waals surface area contributed by atoms with Crippen molar-refractivity contribution in [3.8, 4) is 0 Å². The predicted molar refractivity (Wildman–Crippen MR) is 76.3 cm³/mol. The smallest absolute Gasteiger partial charge is 0.233 e. The normalized spacial score (nSPS) is 12.4. The summed E-state index contributed by atoms with van der Waals surface area (Å²) in [5.74, 6) is -0.908. The summed E-state index contributed by atoms with van der Waals surface area (Å²) in [7, 11) is -7.02. The van der Waals surface area contributed by atoms with Gasteiger partial charge in [-0.05, 0) is 34.1 Å². The third-order valence-corrected chi connectivity index (χ3v) is 5.29. The minimum Gasteiger partial charge on any atom is -0.282 e. The first-order valence-corrected chi connectivity index (χ1v) is 9.61. The molecular weight excluding hydrogens is 366 g/mol. The Kier molecular flexibility index (Phi) is 5.05. The Morgan fingerprint density at radius 1 is 1.22 bits per heavy atom. The van der Waals surface area contributed by atoms with Crippen molar-refractivity contribution in [2.24, 2.45) is 0 Å². The summed E-state index contributed by atoms with van der Waals surface area (Å²) in [5.41, 5.74) is 0.313. The highest BCUT2D eigenvalue weighted by molar-refractivity contribution is 9.10. The van der Waals surface area contributed by atoms with Gasteiger partial charge in [0.2, 0.25) is 10.0 Å². The third kappa shape index (κ3) is 5.55. The number of sulfone groups is 1. The third-order valence-electron chi connectivity index (χ3n) is 1.92. The number of hydrogen-bond acceptors (Lipinski definition) is 4. The lowest BCUT2D eigenvalue weighted by Gasteiger charge is -2.09. The first-order chi connectivity index (χ1) is 8.09. The Balaban J connectivity index is 2.83. The van der Waals surface area contributed by atoms with Gasteiger partial charge in [-0.3, -0.25) is 4.72 Å². The van der Waals surface area contributed by atoms with E-state index in [1.54, 1.807) is 0 Å². The number of rotatable bonds is 5. The van der Waals surface area contributed by atoms with Gasteiger partial charge in [0, 0.05) is 15.8 Å². The standard InChI is InChI=1S/C9H11BrClNO4S2/c1-17(13,14)4-5-18(15,16)12-9-3-2-7(11)6-8(9)10/h2-3,6,12H,4-5H2,1H3. The summed E-state index contributed by atoms with van der Waals surface area (Å²) in [5, 5.41) is 0.459. The second-order valence-electron chi connectivity index (χ2n) is 3.67. The van der Waals surface area contributed by atoms with Crippen molar-refractivity contribution in [3.05, 3.63) is 27.7 Å². The lowest BCUT2D eigenvalue weighted by Crippen LogP contribution is -2.22. The molecule has 0 atom stereocenters. The van der Waals surface area contributed by atoms with Crippen LogP contribution in [0.2, 0.25) is 5.02 Å². The van der Waals surface area contributed by atoms with Gasteiger partial charge in [0.1, 0.15) is 9.84 Å². The molecule has 0 aliphatic carbocycles. The quantitative estimate of drug-likeness (QED) is 0.851. The van der Waals surface area contributed by atoms with Crippen molar-refractivity contribution >= 4 is 53.1 Å². The van der Waals surface area contributed by atoms with Crippen LogP contribution in [0.5, 0.6) is 0 Å². The van der Waals surface area contributed by atoms with Crippen LogP contribution in [0.25, 0.3) is 0 Å². The molecule has 0 saturated heterocycles. The van der Waals surface area contributed by atoms with Crippen LogP contribution >= 0.6 is 27.5 Å². The zero-order valence-electron chi connectivity index (χ0n) is 9.35. The van der Waals surface area contributed by atoms with E-state index < -0.39 is 31.4 Å². The first kappa shape index (κ1) is 15.7. The van der Waals surface area contributed by atoms with Crippen LogP contribution < -0.4 is 4.72 Å². The van der Waals surface area contributed by atoms with Crippen LogP contribution in [-0.4, -0.2) is 34.6 Å². The van der Waals surface area contributed by atoms with Crippen LogP contribution in [0.3, 0.4) is 0 Å². The van der Waals surface area contributed by atoms with Gasteiger partial charge in [-0.15, -0.1) is 0 Å². The molecule has 0 bridgehead atoms. The summed E-state index contributed by atoms with van der Waals surface area (Å²) < 4.78 is 47.9. The second-order valence-corrected chi connectivity index (χ2v) is 9.07. The molecule has 0 unspecified atom stereocenters. The molecule has 0 heterocycles. The van der Waals surface area contributed by atoms with E-state index >= 15 is 0 Å². The largest absolute Gasteiger partial charge is 0.282 e. The van der Waals surface area contributed by atoms with E-state index in [2.05, 4.69) is 20.7 Å². The Bertz CT molecular complexity index is 643. The van der Waals surface area contributed by atoms with Crippen molar-refractivity contribution < 1.29 is 16.8 Å². The Morgan fingerprint density at radius 2 is 1.83 bits per heavy atom. The number of nitrogens with one attached hydrogen (secondary N) is 1. The molecule has 0 saturated carbocycles. The highest BCUT2D eigenvalue weighted by Crippen LogP contribution is 2.26. The fourth-order valence-corrected chi connectivity index (χ4v) is 4.67. The molecule has 5 nitrogen and oxygen atoms in total. The van der Waals surface area contributed by atoms with Gasteiger partial charge < -0.3 is 0 Å². The molecular formula is C9H11BrClNO4S2. The molecule has 0 aliphatic rings. The first-order valence-electron chi connectivity index (χ1n) is 4.72. The Morgan fingerprint density at radius 3 is 2.33 bits per heavy atom. The number of hydrogen-bond donors (Lipinski definition) is 1. The van der Waals surface area contributed by atoms with Crippen molar-refractivity contribution in [2.75, 3.05) is 22.5 Å². The average Bonchev–Trinajstić information content (AvgIpc) is 2.19. The molecule has 0 spiro atoms. The van der Waals surface area contributed by atoms with E-state index in [-0.39, 0.29) is 0 Å². The topological polar surface area (TPSA) is 80.3 Å². The highest BCUT2D eigenvalue weighted by atomic mass is 79.9. The van der Waals surface area contributed by atoms with Gasteiger partial charge in [-0.1, -0.05) is 11.6 Å². The van der Waals surface area contributed by atoms with E-state index in [0.717, 1.165) is 6.26 Å². The lowest BCUT2D eigenvalue weighted by atomic mass is 10.3. The van der Waals surface area contributed by atoms with Crippen LogP contribution in [0.4, 0.5) is 5.69 Å². The zero-order valence-corrected chi connectivity index (χ0v) is 13.3. The molecule has 0 aromatic heterocycles. The highest BCUT2D eigenvalue weighted by Gasteiger charge is 2.15. The number of halogens is 2. The van der Waals surface area contributed by atoms with Gasteiger partial charge in [-0.25, -0.2) is 16.8 Å². The Labute approximate surface area is 120 Å². The van der Waals surface area contributed by atoms with Gasteiger partial charge in [0.25, 0.3) is 0 Å². The van der Waals surface area contributed by atoms with Gasteiger partial charge in [0.15, 0.2) is 0 Å². The van der Waals surface area contributed by atoms with E-state index in [9.17, 15) is 16.8 Å². The summed E-state index contributed by atoms with van der Waals surface area (Å²) in [6.45, 7) is 0. The van der Waals surface area contributed by atoms with Gasteiger partial charge >= 0.3 is 0 Å². The number of anilines is 1. The number of benzene rings is 1. The van der Waals surface area contributed by atoms with Crippen molar-refractivity contribution in [2.45, 2.75) is 0 Å². The van der Waals surface area contributed by atoms with E-state index in [1.165, 1.54) is 18.2 Å². The molecule has 1 aromatic rings. The van der Waals surface area contributed by atoms with Crippen LogP contribution in [-0.2, 0) is 19.9 Å². The van der Waals surface area contributed by atoms with Crippen molar-refractivity contribution in [3.63, 3.8) is 0 Å². The lowest BCUT2D eigenvalue weighted by molar-refractivity contribution is 0.593. The molecule has 1 aromatic carbocycles. The van der Waals surface area contributed by atoms with E-state index in [1.807, 2.05) is 0 Å². The van der Waals surface area contributed by atoms with Gasteiger partial charge in [0.05, 0.1) is 17.2 Å². The minimum atomic E-state index is -3.71. The molecule has 1 rings (SSSR count). The monoisotopic (exact) mass is 375 g/mol. The summed E-state index contributed by atoms with van der Waals surface area (Å²) in [4.78, 5) is 0. The molecule has 1 N–H and O–H groups in total. The maximum absolute atomic E-state index is 11.7. The number of sulfonamides is 1. The molecule has 0 aliphatic heterocycles. The fraction of sp³-hybridized carbons (Fsp3) is 0.333. The predicted octanol–water partition coefficient (Wildman–Crippen LogP) is 1.89. The van der Waals surface area contributed by atoms with Crippen molar-refractivity contribution in [1.82, 2.24) is 0 Å². The SMILES string of the molecule is CS(=O)(=O)CCS(=O)(=O)Nc1ccc(Cl)cc1Br. The molecule has 0 radical (unpaired) electrons. The summed E-state index contributed by atoms with van der Waals surface area (Å²) >= 11 is 8.88. The molecule has 0 amide bonds. The molecule has 9 heteroatoms. The summed E-state index contributed by atoms with van der Waals surface area (Å²) in [6.07, 6.45) is 0.987. The van der Waals surface area contributed by atoms with E-state index in [4.69, 9.17) is 11.6 Å². The van der Waals surface area contributed by atoms with E-state index in [0.29, 0.717) is 15.2 Å². The molecule has 0 fully saturated rings. The maximum atomic E-state index is 11.7. The molecule has 18 heavy (non-hydrogen) atoms. The summed E-state index contributed by atoms with van der Waals surface area (Å²) in [6, 6.07) is 4.56. The molecule has 102 valence electrons. The van der Waals surface area contributed by atoms with Crippen LogP contribution in [0, 0.1) is 0 Å².